The standard InChI is InChI=1S/C8H16N2O2/c1-6(9)8(11)12-7-3-4-10(2)5-7/h6-7H,3-5,9H2,1-2H3/t6-,7-/m0/s1. The Bertz CT molecular complexity index is 170. The van der Waals surface area contributed by atoms with Crippen molar-refractivity contribution < 1.29 is 9.53 Å². The molecule has 4 nitrogen and oxygen atoms in total. The average molecular weight is 172 g/mol. The van der Waals surface area contributed by atoms with E-state index < -0.39 is 6.04 Å². The largest absolute Gasteiger partial charge is 0.460 e. The summed E-state index contributed by atoms with van der Waals surface area (Å²) in [7, 11) is 2.01. The van der Waals surface area contributed by atoms with E-state index in [0.717, 1.165) is 19.5 Å². The molecule has 0 aromatic rings. The number of nitrogens with zero attached hydrogens (tertiary/aromatic N) is 1. The van der Waals surface area contributed by atoms with Crippen LogP contribution in [-0.4, -0.2) is 43.2 Å². The molecule has 1 saturated heterocycles. The number of nitrogens with two attached hydrogens (primary N) is 1. The molecule has 1 fully saturated rings. The quantitative estimate of drug-likeness (QED) is 0.575. The highest BCUT2D eigenvalue weighted by Crippen LogP contribution is 2.10. The number of hydrogen-bond acceptors (Lipinski definition) is 4. The molecule has 1 rings (SSSR count). The van der Waals surface area contributed by atoms with Crippen molar-refractivity contribution >= 4 is 5.97 Å². The molecule has 0 unspecified atom stereocenters. The van der Waals surface area contributed by atoms with E-state index in [1.807, 2.05) is 7.05 Å². The Balaban J connectivity index is 2.28. The molecule has 0 amide bonds. The Kier molecular flexibility index (Phi) is 3.05. The second-order valence-electron chi connectivity index (χ2n) is 3.40. The van der Waals surface area contributed by atoms with Gasteiger partial charge in [0.05, 0.1) is 0 Å². The van der Waals surface area contributed by atoms with Gasteiger partial charge in [-0.2, -0.15) is 0 Å². The third-order valence-electron chi connectivity index (χ3n) is 2.00. The van der Waals surface area contributed by atoms with E-state index >= 15 is 0 Å². The number of likely N-dealkylation sites (N-methyl/N-ethyl adjacent to an activating group) is 1. The molecule has 0 spiro atoms. The lowest BCUT2D eigenvalue weighted by Gasteiger charge is -2.13. The Labute approximate surface area is 72.7 Å². The first-order valence-corrected chi connectivity index (χ1v) is 4.24. The first-order chi connectivity index (χ1) is 5.59. The molecule has 0 aromatic carbocycles. The molecule has 1 heterocycles. The topological polar surface area (TPSA) is 55.6 Å². The summed E-state index contributed by atoms with van der Waals surface area (Å²) in [6.07, 6.45) is 0.975. The van der Waals surface area contributed by atoms with Crippen LogP contribution in [-0.2, 0) is 9.53 Å². The highest BCUT2D eigenvalue weighted by molar-refractivity contribution is 5.75. The lowest BCUT2D eigenvalue weighted by Crippen LogP contribution is -2.33. The number of carbonyl (C=O) groups is 1. The number of ether oxygens (including phenoxy) is 1. The maximum atomic E-state index is 11.0. The molecule has 1 aliphatic heterocycles. The van der Waals surface area contributed by atoms with Crippen LogP contribution in [0.2, 0.25) is 0 Å². The molecule has 0 radical (unpaired) electrons. The van der Waals surface area contributed by atoms with Crippen LogP contribution in [0.25, 0.3) is 0 Å². The molecule has 0 saturated carbocycles. The zero-order chi connectivity index (χ0) is 9.14. The summed E-state index contributed by atoms with van der Waals surface area (Å²) in [5.41, 5.74) is 5.36. The molecule has 4 heteroatoms. The second-order valence-corrected chi connectivity index (χ2v) is 3.40. The van der Waals surface area contributed by atoms with E-state index in [4.69, 9.17) is 10.5 Å². The summed E-state index contributed by atoms with van der Waals surface area (Å²) in [5.74, 6) is -0.296. The van der Waals surface area contributed by atoms with Crippen molar-refractivity contribution in [2.75, 3.05) is 20.1 Å². The smallest absolute Gasteiger partial charge is 0.322 e. The minimum absolute atomic E-state index is 0.0495. The van der Waals surface area contributed by atoms with Crippen molar-refractivity contribution in [3.05, 3.63) is 0 Å². The number of esters is 1. The van der Waals surface area contributed by atoms with Crippen molar-refractivity contribution in [3.8, 4) is 0 Å². The van der Waals surface area contributed by atoms with Crippen LogP contribution in [0.4, 0.5) is 0 Å². The van der Waals surface area contributed by atoms with E-state index in [2.05, 4.69) is 4.90 Å². The molecule has 70 valence electrons. The maximum absolute atomic E-state index is 11.0. The summed E-state index contributed by atoms with van der Waals surface area (Å²) in [4.78, 5) is 13.2. The molecule has 2 atom stereocenters. The van der Waals surface area contributed by atoms with Gasteiger partial charge in [-0.1, -0.05) is 0 Å². The predicted octanol–water partition coefficient (Wildman–Crippen LogP) is -0.419. The molecule has 0 aliphatic carbocycles. The Hall–Kier alpha value is -0.610. The molecule has 2 N–H and O–H groups in total. The normalized spacial score (nSPS) is 27.1. The van der Waals surface area contributed by atoms with Crippen LogP contribution in [0, 0.1) is 0 Å². The van der Waals surface area contributed by atoms with Gasteiger partial charge in [-0.25, -0.2) is 0 Å². The van der Waals surface area contributed by atoms with Gasteiger partial charge in [0.25, 0.3) is 0 Å². The fraction of sp³-hybridized carbons (Fsp3) is 0.875. The third-order valence-corrected chi connectivity index (χ3v) is 2.00. The van der Waals surface area contributed by atoms with Crippen LogP contribution < -0.4 is 5.73 Å². The fourth-order valence-corrected chi connectivity index (χ4v) is 1.26. The minimum Gasteiger partial charge on any atom is -0.460 e. The molecular formula is C8H16N2O2. The Morgan fingerprint density at radius 3 is 2.83 bits per heavy atom. The van der Waals surface area contributed by atoms with Crippen LogP contribution >= 0.6 is 0 Å². The van der Waals surface area contributed by atoms with Gasteiger partial charge in [0, 0.05) is 13.1 Å². The first-order valence-electron chi connectivity index (χ1n) is 4.24. The minimum atomic E-state index is -0.504. The zero-order valence-corrected chi connectivity index (χ0v) is 7.62. The molecule has 0 bridgehead atoms. The highest BCUT2D eigenvalue weighted by Gasteiger charge is 2.23. The van der Waals surface area contributed by atoms with Crippen molar-refractivity contribution in [1.82, 2.24) is 4.90 Å². The van der Waals surface area contributed by atoms with Crippen LogP contribution in [0.3, 0.4) is 0 Å². The van der Waals surface area contributed by atoms with Crippen molar-refractivity contribution in [2.24, 2.45) is 5.73 Å². The van der Waals surface area contributed by atoms with Gasteiger partial charge < -0.3 is 15.4 Å². The van der Waals surface area contributed by atoms with Gasteiger partial charge in [0.2, 0.25) is 0 Å². The van der Waals surface area contributed by atoms with Crippen molar-refractivity contribution in [1.29, 1.82) is 0 Å². The summed E-state index contributed by atoms with van der Waals surface area (Å²) < 4.78 is 5.14. The molecule has 12 heavy (non-hydrogen) atoms. The van der Waals surface area contributed by atoms with Gasteiger partial charge >= 0.3 is 5.97 Å². The monoisotopic (exact) mass is 172 g/mol. The van der Waals surface area contributed by atoms with Crippen molar-refractivity contribution in [3.63, 3.8) is 0 Å². The number of rotatable bonds is 2. The maximum Gasteiger partial charge on any atom is 0.322 e. The van der Waals surface area contributed by atoms with E-state index in [9.17, 15) is 4.79 Å². The van der Waals surface area contributed by atoms with Crippen LogP contribution in [0.5, 0.6) is 0 Å². The van der Waals surface area contributed by atoms with Gasteiger partial charge in [-0.15, -0.1) is 0 Å². The lowest BCUT2D eigenvalue weighted by molar-refractivity contribution is -0.149. The third kappa shape index (κ3) is 2.46. The molecule has 0 aromatic heterocycles. The van der Waals surface area contributed by atoms with E-state index in [-0.39, 0.29) is 12.1 Å². The second kappa shape index (κ2) is 3.87. The summed E-state index contributed by atoms with van der Waals surface area (Å²) in [5, 5.41) is 0. The SMILES string of the molecule is C[C@H](N)C(=O)O[C@H]1CCN(C)C1. The molecule has 1 aliphatic rings. The zero-order valence-electron chi connectivity index (χ0n) is 7.62. The van der Waals surface area contributed by atoms with Gasteiger partial charge in [0.1, 0.15) is 12.1 Å². The van der Waals surface area contributed by atoms with Gasteiger partial charge in [0.15, 0.2) is 0 Å². The number of hydrogen-bond donors (Lipinski definition) is 1. The van der Waals surface area contributed by atoms with Crippen LogP contribution in [0.1, 0.15) is 13.3 Å². The first kappa shape index (κ1) is 9.48. The van der Waals surface area contributed by atoms with Gasteiger partial charge in [-0.3, -0.25) is 4.79 Å². The highest BCUT2D eigenvalue weighted by atomic mass is 16.5. The number of carbonyl (C=O) groups excluding carboxylic acids is 1. The van der Waals surface area contributed by atoms with E-state index in [0.29, 0.717) is 0 Å². The number of likely N-dealkylation sites (tertiary alicyclic amines) is 1. The van der Waals surface area contributed by atoms with E-state index in [1.165, 1.54) is 0 Å². The van der Waals surface area contributed by atoms with Gasteiger partial charge in [-0.05, 0) is 20.4 Å². The predicted molar refractivity (Wildman–Crippen MR) is 45.6 cm³/mol. The lowest BCUT2D eigenvalue weighted by atomic mass is 10.3. The summed E-state index contributed by atoms with van der Waals surface area (Å²) >= 11 is 0. The van der Waals surface area contributed by atoms with Crippen molar-refractivity contribution in [2.45, 2.75) is 25.5 Å². The average Bonchev–Trinajstić information content (AvgIpc) is 2.35. The Morgan fingerprint density at radius 1 is 1.75 bits per heavy atom. The molecular weight excluding hydrogens is 156 g/mol. The Morgan fingerprint density at radius 2 is 2.42 bits per heavy atom. The van der Waals surface area contributed by atoms with E-state index in [1.54, 1.807) is 6.92 Å². The fourth-order valence-electron chi connectivity index (χ4n) is 1.26. The summed E-state index contributed by atoms with van der Waals surface area (Å²) in [6.45, 7) is 3.47. The summed E-state index contributed by atoms with van der Waals surface area (Å²) in [6, 6.07) is -0.504. The van der Waals surface area contributed by atoms with Crippen LogP contribution in [0.15, 0.2) is 0 Å².